The van der Waals surface area contributed by atoms with Crippen LogP contribution in [0.2, 0.25) is 0 Å². The minimum atomic E-state index is -0.430. The topological polar surface area (TPSA) is 79.5 Å². The van der Waals surface area contributed by atoms with Crippen LogP contribution >= 0.6 is 0 Å². The lowest BCUT2D eigenvalue weighted by Crippen LogP contribution is -2.52. The molecule has 0 aliphatic carbocycles. The lowest BCUT2D eigenvalue weighted by Gasteiger charge is -2.36. The number of carbonyl (C=O) groups is 2. The van der Waals surface area contributed by atoms with E-state index in [2.05, 4.69) is 16.0 Å². The van der Waals surface area contributed by atoms with Gasteiger partial charge in [-0.25, -0.2) is 0 Å². The Morgan fingerprint density at radius 3 is 2.85 bits per heavy atom. The van der Waals surface area contributed by atoms with Crippen LogP contribution in [-0.4, -0.2) is 44.1 Å². The van der Waals surface area contributed by atoms with Gasteiger partial charge in [0.05, 0.1) is 11.0 Å². The Hall–Kier alpha value is -2.34. The highest BCUT2D eigenvalue weighted by Crippen LogP contribution is 2.31. The maximum Gasteiger partial charge on any atom is 0.255 e. The van der Waals surface area contributed by atoms with E-state index in [-0.39, 0.29) is 17.9 Å². The summed E-state index contributed by atoms with van der Waals surface area (Å²) in [5.41, 5.74) is 0.0737. The smallest absolute Gasteiger partial charge is 0.255 e. The number of ether oxygens (including phenoxy) is 1. The van der Waals surface area contributed by atoms with Gasteiger partial charge in [-0.1, -0.05) is 24.3 Å². The van der Waals surface area contributed by atoms with Crippen molar-refractivity contribution >= 4 is 11.8 Å². The number of hydrogen-bond acceptors (Lipinski definition) is 4. The Morgan fingerprint density at radius 1 is 1.19 bits per heavy atom. The fourth-order valence-electron chi connectivity index (χ4n) is 3.51. The molecule has 0 unspecified atom stereocenters. The van der Waals surface area contributed by atoms with Crippen LogP contribution in [0.4, 0.5) is 0 Å². The van der Waals surface area contributed by atoms with Gasteiger partial charge < -0.3 is 20.7 Å². The van der Waals surface area contributed by atoms with Crippen LogP contribution in [0.25, 0.3) is 0 Å². The number of fused-ring (bicyclic) bond motifs is 1. The quantitative estimate of drug-likeness (QED) is 0.617. The molecule has 6 nitrogen and oxygen atoms in total. The number of nitrogens with one attached hydrogen (secondary N) is 3. The number of amides is 2. The van der Waals surface area contributed by atoms with Crippen molar-refractivity contribution in [2.75, 3.05) is 26.2 Å². The summed E-state index contributed by atoms with van der Waals surface area (Å²) in [6.07, 6.45) is 6.47. The van der Waals surface area contributed by atoms with Gasteiger partial charge in [0.2, 0.25) is 5.91 Å². The molecule has 1 aromatic rings. The first kappa shape index (κ1) is 18.5. The van der Waals surface area contributed by atoms with Crippen molar-refractivity contribution in [1.82, 2.24) is 16.0 Å². The van der Waals surface area contributed by atoms with Gasteiger partial charge in [0.15, 0.2) is 0 Å². The summed E-state index contributed by atoms with van der Waals surface area (Å²) in [4.78, 5) is 25.4. The van der Waals surface area contributed by atoms with Gasteiger partial charge in [0.25, 0.3) is 5.91 Å². The van der Waals surface area contributed by atoms with Gasteiger partial charge in [0.1, 0.15) is 12.4 Å². The zero-order valence-electron chi connectivity index (χ0n) is 15.2. The molecule has 6 heteroatoms. The van der Waals surface area contributed by atoms with E-state index in [4.69, 9.17) is 4.74 Å². The Labute approximate surface area is 154 Å². The van der Waals surface area contributed by atoms with Gasteiger partial charge in [0, 0.05) is 19.1 Å². The molecule has 1 spiro atoms. The molecule has 2 aliphatic heterocycles. The molecule has 1 saturated heterocycles. The molecule has 0 bridgehead atoms. The predicted octanol–water partition coefficient (Wildman–Crippen LogP) is 1.63. The lowest BCUT2D eigenvalue weighted by molar-refractivity contribution is -0.132. The van der Waals surface area contributed by atoms with Crippen LogP contribution in [0, 0.1) is 5.41 Å². The monoisotopic (exact) mass is 357 g/mol. The van der Waals surface area contributed by atoms with Crippen molar-refractivity contribution in [2.24, 2.45) is 5.41 Å². The van der Waals surface area contributed by atoms with Gasteiger partial charge in [-0.3, -0.25) is 9.59 Å². The van der Waals surface area contributed by atoms with Crippen molar-refractivity contribution in [3.05, 3.63) is 42.0 Å². The molecule has 1 aromatic carbocycles. The number of hydrogen-bond donors (Lipinski definition) is 3. The highest BCUT2D eigenvalue weighted by molar-refractivity contribution is 5.97. The van der Waals surface area contributed by atoms with Gasteiger partial charge in [-0.05, 0) is 44.9 Å². The van der Waals surface area contributed by atoms with Gasteiger partial charge in [-0.15, -0.1) is 0 Å². The van der Waals surface area contributed by atoms with E-state index in [0.29, 0.717) is 37.4 Å². The second-order valence-electron chi connectivity index (χ2n) is 7.13. The molecule has 0 saturated carbocycles. The molecule has 2 heterocycles. The number of carbonyl (C=O) groups excluding carboxylic acids is 2. The average Bonchev–Trinajstić information content (AvgIpc) is 2.66. The van der Waals surface area contributed by atoms with Crippen LogP contribution in [0.15, 0.2) is 36.4 Å². The van der Waals surface area contributed by atoms with E-state index < -0.39 is 5.41 Å². The highest BCUT2D eigenvalue weighted by atomic mass is 16.5. The van der Waals surface area contributed by atoms with Crippen molar-refractivity contribution in [2.45, 2.75) is 32.2 Å². The fraction of sp³-hybridized carbons (Fsp3) is 0.500. The van der Waals surface area contributed by atoms with Crippen molar-refractivity contribution in [1.29, 1.82) is 0 Å². The molecule has 3 N–H and O–H groups in total. The van der Waals surface area contributed by atoms with Crippen LogP contribution in [0.5, 0.6) is 5.75 Å². The third-order valence-corrected chi connectivity index (χ3v) is 5.04. The third kappa shape index (κ3) is 4.25. The van der Waals surface area contributed by atoms with E-state index in [1.54, 1.807) is 12.1 Å². The first-order chi connectivity index (χ1) is 12.6. The zero-order valence-corrected chi connectivity index (χ0v) is 15.2. The maximum atomic E-state index is 12.9. The normalized spacial score (nSPS) is 28.9. The van der Waals surface area contributed by atoms with Crippen LogP contribution in [0.1, 0.15) is 36.5 Å². The van der Waals surface area contributed by atoms with Crippen LogP contribution in [0.3, 0.4) is 0 Å². The van der Waals surface area contributed by atoms with Crippen LogP contribution in [-0.2, 0) is 4.79 Å². The fourth-order valence-corrected chi connectivity index (χ4v) is 3.51. The Balaban J connectivity index is 1.81. The van der Waals surface area contributed by atoms with E-state index in [1.165, 1.54) is 0 Å². The molecular formula is C20H27N3O3. The lowest BCUT2D eigenvalue weighted by atomic mass is 9.76. The number of allylic oxidation sites excluding steroid dienone is 1. The number of piperidine rings is 1. The minimum Gasteiger partial charge on any atom is -0.489 e. The molecule has 3 rings (SSSR count). The molecule has 2 amide bonds. The van der Waals surface area contributed by atoms with Crippen molar-refractivity contribution < 1.29 is 14.3 Å². The second-order valence-corrected chi connectivity index (χ2v) is 7.13. The van der Waals surface area contributed by atoms with E-state index >= 15 is 0 Å². The summed E-state index contributed by atoms with van der Waals surface area (Å²) < 4.78 is 5.78. The average molecular weight is 357 g/mol. The Morgan fingerprint density at radius 2 is 2.04 bits per heavy atom. The number of benzene rings is 1. The molecule has 26 heavy (non-hydrogen) atoms. The minimum absolute atomic E-state index is 0.0498. The second kappa shape index (κ2) is 8.36. The third-order valence-electron chi connectivity index (χ3n) is 5.04. The van der Waals surface area contributed by atoms with Gasteiger partial charge in [-0.2, -0.15) is 0 Å². The standard InChI is InChI=1S/C20H27N3O3/c1-15-13-22-19(25)20(10-6-11-21-14-20)9-4-5-12-26-17-8-3-2-7-16(17)18(24)23-15/h2-5,7-8,15,21H,6,9-14H2,1H3,(H,22,25)(H,23,24)/b5-4+/t15-,20+/m0/s1. The van der Waals surface area contributed by atoms with Crippen molar-refractivity contribution in [3.8, 4) is 5.75 Å². The molecule has 1 fully saturated rings. The molecule has 0 radical (unpaired) electrons. The molecule has 2 atom stereocenters. The SMILES string of the molecule is C[C@H]1CNC(=O)[C@]2(C/C=C/COc3ccccc3C(=O)N1)CCCNC2. The molecule has 140 valence electrons. The number of para-hydroxylation sites is 1. The van der Waals surface area contributed by atoms with E-state index in [0.717, 1.165) is 19.4 Å². The maximum absolute atomic E-state index is 12.9. The summed E-state index contributed by atoms with van der Waals surface area (Å²) >= 11 is 0. The molecule has 0 aromatic heterocycles. The van der Waals surface area contributed by atoms with Crippen molar-refractivity contribution in [3.63, 3.8) is 0 Å². The predicted molar refractivity (Wildman–Crippen MR) is 100 cm³/mol. The Bertz CT molecular complexity index is 681. The first-order valence-corrected chi connectivity index (χ1v) is 9.27. The molecule has 2 aliphatic rings. The highest BCUT2D eigenvalue weighted by Gasteiger charge is 2.38. The summed E-state index contributed by atoms with van der Waals surface area (Å²) in [6, 6.07) is 7.03. The zero-order chi connectivity index (χ0) is 18.4. The summed E-state index contributed by atoms with van der Waals surface area (Å²) in [7, 11) is 0. The first-order valence-electron chi connectivity index (χ1n) is 9.27. The Kier molecular flexibility index (Phi) is 5.93. The molecular weight excluding hydrogens is 330 g/mol. The van der Waals surface area contributed by atoms with Crippen LogP contribution < -0.4 is 20.7 Å². The van der Waals surface area contributed by atoms with E-state index in [1.807, 2.05) is 31.2 Å². The largest absolute Gasteiger partial charge is 0.489 e. The van der Waals surface area contributed by atoms with Gasteiger partial charge >= 0.3 is 0 Å². The van der Waals surface area contributed by atoms with E-state index in [9.17, 15) is 9.59 Å². The summed E-state index contributed by atoms with van der Waals surface area (Å²) in [5.74, 6) is 0.420. The summed E-state index contributed by atoms with van der Waals surface area (Å²) in [5, 5.41) is 9.31. The summed E-state index contributed by atoms with van der Waals surface area (Å²) in [6.45, 7) is 4.28. The number of rotatable bonds is 0.